The molecule has 3 aliphatic rings. The zero-order chi connectivity index (χ0) is 34.1. The predicted molar refractivity (Wildman–Crippen MR) is 190 cm³/mol. The number of rotatable bonds is 8. The summed E-state index contributed by atoms with van der Waals surface area (Å²) < 4.78 is 27.0. The van der Waals surface area contributed by atoms with Crippen molar-refractivity contribution in [3.8, 4) is 27.6 Å². The molecule has 6 heterocycles. The zero-order valence-electron chi connectivity index (χ0n) is 27.4. The molecule has 1 fully saturated rings. The average molecular weight is 707 g/mol. The Bertz CT molecular complexity index is 2340. The number of pyridine rings is 2. The standard InChI is InChI=1S/C38H32ClFN6O3S/c1-19-44-45-37(49-19)30-27(13-9-20-6-3-4-7-24(20)39)42-33-28-8-5-17-46(28)38(47)32(33)31(30)29-18-21-15-16-41-36(35(21)50-29)43-26-14-11-23-22(26)10-12-25(40)34(23)48-2/h3-4,6-7,10,12,15-16,18,26,28H,5,8-9,11,13-14,17H2,1-2H3,(H,41,43)/t26-,28?/m0/s1. The monoisotopic (exact) mass is 706 g/mol. The van der Waals surface area contributed by atoms with E-state index in [0.717, 1.165) is 73.7 Å². The first-order chi connectivity index (χ1) is 24.4. The third-order valence-corrected chi connectivity index (χ3v) is 11.7. The summed E-state index contributed by atoms with van der Waals surface area (Å²) in [5.74, 6) is 1.43. The number of aromatic nitrogens is 4. The first-order valence-corrected chi connectivity index (χ1v) is 18.0. The minimum Gasteiger partial charge on any atom is -0.493 e. The number of aryl methyl sites for hydroxylation is 3. The van der Waals surface area contributed by atoms with Crippen LogP contribution in [-0.2, 0) is 19.3 Å². The molecule has 1 aliphatic carbocycles. The van der Waals surface area contributed by atoms with Gasteiger partial charge in [0.15, 0.2) is 11.6 Å². The normalized spacial score (nSPS) is 17.8. The number of ether oxygens (including phenoxy) is 1. The van der Waals surface area contributed by atoms with Gasteiger partial charge < -0.3 is 19.4 Å². The fourth-order valence-electron chi connectivity index (χ4n) is 7.93. The molecule has 1 amide bonds. The van der Waals surface area contributed by atoms with Crippen molar-refractivity contribution in [3.63, 3.8) is 0 Å². The smallest absolute Gasteiger partial charge is 0.257 e. The van der Waals surface area contributed by atoms with Crippen LogP contribution in [0.15, 0.2) is 59.1 Å². The Balaban J connectivity index is 1.20. The summed E-state index contributed by atoms with van der Waals surface area (Å²) in [6, 6.07) is 15.1. The molecule has 9 rings (SSSR count). The Kier molecular flexibility index (Phi) is 7.58. The van der Waals surface area contributed by atoms with E-state index in [1.54, 1.807) is 24.5 Å². The summed E-state index contributed by atoms with van der Waals surface area (Å²) >= 11 is 8.16. The number of carbonyl (C=O) groups excluding carboxylic acids is 1. The first-order valence-electron chi connectivity index (χ1n) is 16.8. The number of fused-ring (bicyclic) bond motifs is 5. The number of hydrogen-bond acceptors (Lipinski definition) is 9. The van der Waals surface area contributed by atoms with Crippen LogP contribution >= 0.6 is 22.9 Å². The number of halogens is 2. The molecule has 0 saturated carbocycles. The number of amides is 1. The van der Waals surface area contributed by atoms with E-state index >= 15 is 0 Å². The average Bonchev–Trinajstić information content (AvgIpc) is 3.95. The van der Waals surface area contributed by atoms with Crippen LogP contribution in [0.5, 0.6) is 5.75 Å². The molecule has 0 bridgehead atoms. The number of benzene rings is 2. The van der Waals surface area contributed by atoms with Gasteiger partial charge in [0.2, 0.25) is 11.8 Å². The minimum absolute atomic E-state index is 0.0159. The quantitative estimate of drug-likeness (QED) is 0.168. The first kappa shape index (κ1) is 31.1. The van der Waals surface area contributed by atoms with Gasteiger partial charge in [-0.25, -0.2) is 9.37 Å². The van der Waals surface area contributed by atoms with Gasteiger partial charge in [0.05, 0.1) is 46.4 Å². The highest BCUT2D eigenvalue weighted by atomic mass is 35.5. The number of nitrogens with zero attached hydrogens (tertiary/aromatic N) is 5. The molecular weight excluding hydrogens is 675 g/mol. The van der Waals surface area contributed by atoms with Crippen molar-refractivity contribution >= 4 is 44.7 Å². The minimum atomic E-state index is -0.353. The summed E-state index contributed by atoms with van der Waals surface area (Å²) in [5, 5.41) is 14.0. The highest BCUT2D eigenvalue weighted by Crippen LogP contribution is 2.51. The number of thiophene rings is 1. The second-order valence-electron chi connectivity index (χ2n) is 13.0. The number of anilines is 1. The van der Waals surface area contributed by atoms with Crippen LogP contribution < -0.4 is 10.1 Å². The van der Waals surface area contributed by atoms with Crippen molar-refractivity contribution in [1.82, 2.24) is 25.1 Å². The topological polar surface area (TPSA) is 106 Å². The molecule has 2 atom stereocenters. The summed E-state index contributed by atoms with van der Waals surface area (Å²) in [6.45, 7) is 2.46. The maximum Gasteiger partial charge on any atom is 0.257 e. The fourth-order valence-corrected chi connectivity index (χ4v) is 9.32. The van der Waals surface area contributed by atoms with Crippen molar-refractivity contribution in [2.45, 2.75) is 57.5 Å². The fraction of sp³-hybridized carbons (Fsp3) is 0.289. The number of methoxy groups -OCH3 is 1. The highest BCUT2D eigenvalue weighted by Gasteiger charge is 2.45. The Morgan fingerprint density at radius 3 is 2.80 bits per heavy atom. The highest BCUT2D eigenvalue weighted by molar-refractivity contribution is 7.23. The van der Waals surface area contributed by atoms with E-state index in [-0.39, 0.29) is 23.8 Å². The van der Waals surface area contributed by atoms with Crippen LogP contribution in [0.25, 0.3) is 32.0 Å². The molecule has 0 radical (unpaired) electrons. The SMILES string of the molecule is COc1c(F)ccc2c1CC[C@@H]2Nc1nccc2cc(-c3c4c(nc(CCc5ccccc5Cl)c3-c3nnc(C)o3)C3CCCN3C4=O)sc12. The van der Waals surface area contributed by atoms with E-state index in [9.17, 15) is 9.18 Å². The summed E-state index contributed by atoms with van der Waals surface area (Å²) in [4.78, 5) is 27.1. The Labute approximate surface area is 296 Å². The van der Waals surface area contributed by atoms with Crippen molar-refractivity contribution < 1.29 is 18.3 Å². The molecule has 9 nitrogen and oxygen atoms in total. The maximum absolute atomic E-state index is 14.5. The molecule has 4 aromatic heterocycles. The van der Waals surface area contributed by atoms with Crippen molar-refractivity contribution in [2.24, 2.45) is 0 Å². The molecule has 252 valence electrons. The van der Waals surface area contributed by atoms with Crippen LogP contribution in [0, 0.1) is 12.7 Å². The van der Waals surface area contributed by atoms with E-state index in [2.05, 4.69) is 21.6 Å². The van der Waals surface area contributed by atoms with Crippen LogP contribution in [0.1, 0.15) is 75.7 Å². The van der Waals surface area contributed by atoms with Gasteiger partial charge in [-0.2, -0.15) is 0 Å². The summed E-state index contributed by atoms with van der Waals surface area (Å²) in [5.41, 5.74) is 6.57. The van der Waals surface area contributed by atoms with Crippen molar-refractivity contribution in [2.75, 3.05) is 19.0 Å². The van der Waals surface area contributed by atoms with Crippen molar-refractivity contribution in [1.29, 1.82) is 0 Å². The lowest BCUT2D eigenvalue weighted by Gasteiger charge is -2.16. The van der Waals surface area contributed by atoms with E-state index in [1.807, 2.05) is 41.3 Å². The molecule has 1 unspecified atom stereocenters. The molecule has 2 aliphatic heterocycles. The third-order valence-electron chi connectivity index (χ3n) is 10.2. The van der Waals surface area contributed by atoms with E-state index < -0.39 is 0 Å². The molecule has 50 heavy (non-hydrogen) atoms. The van der Waals surface area contributed by atoms with Crippen molar-refractivity contribution in [3.05, 3.63) is 105 Å². The van der Waals surface area contributed by atoms with Gasteiger partial charge in [0.25, 0.3) is 5.91 Å². The second kappa shape index (κ2) is 12.2. The third kappa shape index (κ3) is 4.97. The van der Waals surface area contributed by atoms with Crippen LogP contribution in [0.3, 0.4) is 0 Å². The molecule has 1 saturated heterocycles. The lowest BCUT2D eigenvalue weighted by atomic mass is 9.93. The number of hydrogen-bond donors (Lipinski definition) is 1. The van der Waals surface area contributed by atoms with Gasteiger partial charge in [0.1, 0.15) is 5.82 Å². The van der Waals surface area contributed by atoms with E-state index in [0.29, 0.717) is 59.5 Å². The van der Waals surface area contributed by atoms with Gasteiger partial charge in [0, 0.05) is 40.7 Å². The van der Waals surface area contributed by atoms with Gasteiger partial charge in [-0.1, -0.05) is 35.9 Å². The zero-order valence-corrected chi connectivity index (χ0v) is 29.0. The predicted octanol–water partition coefficient (Wildman–Crippen LogP) is 8.69. The Morgan fingerprint density at radius 2 is 1.98 bits per heavy atom. The van der Waals surface area contributed by atoms with Gasteiger partial charge in [-0.05, 0) is 79.3 Å². The molecule has 6 aromatic rings. The molecule has 2 aromatic carbocycles. The van der Waals surface area contributed by atoms with Gasteiger partial charge in [-0.3, -0.25) is 9.78 Å². The second-order valence-corrected chi connectivity index (χ2v) is 14.5. The molecule has 0 spiro atoms. The molecular formula is C38H32ClFN6O3S. The lowest BCUT2D eigenvalue weighted by molar-refractivity contribution is 0.0776. The van der Waals surface area contributed by atoms with Gasteiger partial charge in [-0.15, -0.1) is 21.5 Å². The summed E-state index contributed by atoms with van der Waals surface area (Å²) in [7, 11) is 1.51. The van der Waals surface area contributed by atoms with Crippen LogP contribution in [0.2, 0.25) is 5.02 Å². The molecule has 1 N–H and O–H groups in total. The Morgan fingerprint density at radius 1 is 1.10 bits per heavy atom. The van der Waals surface area contributed by atoms with Crippen LogP contribution in [-0.4, -0.2) is 44.6 Å². The summed E-state index contributed by atoms with van der Waals surface area (Å²) in [6.07, 6.45) is 6.30. The lowest BCUT2D eigenvalue weighted by Crippen LogP contribution is -2.22. The largest absolute Gasteiger partial charge is 0.493 e. The van der Waals surface area contributed by atoms with E-state index in [4.69, 9.17) is 30.7 Å². The number of carbonyl (C=O) groups is 1. The van der Waals surface area contributed by atoms with Crippen LogP contribution in [0.4, 0.5) is 10.2 Å². The van der Waals surface area contributed by atoms with E-state index in [1.165, 1.54) is 13.2 Å². The Hall–Kier alpha value is -4.87. The van der Waals surface area contributed by atoms with Gasteiger partial charge >= 0.3 is 0 Å². The maximum atomic E-state index is 14.5. The molecule has 12 heteroatoms. The number of nitrogens with one attached hydrogen (secondary N) is 1.